The number of amides is 1. The zero-order chi connectivity index (χ0) is 13.2. The van der Waals surface area contributed by atoms with Gasteiger partial charge in [-0.1, -0.05) is 6.92 Å². The minimum atomic E-state index is -0.244. The Labute approximate surface area is 108 Å². The largest absolute Gasteiger partial charge is 0.394 e. The van der Waals surface area contributed by atoms with Crippen molar-refractivity contribution in [1.82, 2.24) is 10.2 Å². The Morgan fingerprint density at radius 2 is 2.39 bits per heavy atom. The number of aliphatic hydroxyl groups excluding tert-OH is 1. The van der Waals surface area contributed by atoms with E-state index in [9.17, 15) is 9.90 Å². The molecule has 0 aromatic heterocycles. The summed E-state index contributed by atoms with van der Waals surface area (Å²) in [5.41, 5.74) is -0.244. The molecule has 2 rings (SSSR count). The Morgan fingerprint density at radius 1 is 1.61 bits per heavy atom. The van der Waals surface area contributed by atoms with Crippen molar-refractivity contribution in [2.45, 2.75) is 38.8 Å². The predicted octanol–water partition coefficient (Wildman–Crippen LogP) is -0.0157. The highest BCUT2D eigenvalue weighted by Crippen LogP contribution is 2.33. The molecule has 0 spiro atoms. The summed E-state index contributed by atoms with van der Waals surface area (Å²) in [7, 11) is 0. The first-order valence-corrected chi connectivity index (χ1v) is 6.87. The molecule has 1 amide bonds. The van der Waals surface area contributed by atoms with Crippen LogP contribution < -0.4 is 5.32 Å². The molecule has 2 heterocycles. The number of nitrogens with zero attached hydrogens (tertiary/aromatic N) is 1. The number of rotatable bonds is 3. The zero-order valence-electron chi connectivity index (χ0n) is 11.3. The van der Waals surface area contributed by atoms with Gasteiger partial charge in [0.2, 0.25) is 5.91 Å². The van der Waals surface area contributed by atoms with Crippen molar-refractivity contribution in [3.05, 3.63) is 0 Å². The van der Waals surface area contributed by atoms with Gasteiger partial charge in [0.25, 0.3) is 0 Å². The molecule has 0 bridgehead atoms. The molecule has 3 unspecified atom stereocenters. The van der Waals surface area contributed by atoms with E-state index in [1.165, 1.54) is 0 Å². The summed E-state index contributed by atoms with van der Waals surface area (Å²) in [6, 6.07) is 0.101. The molecule has 104 valence electrons. The summed E-state index contributed by atoms with van der Waals surface area (Å²) < 4.78 is 5.49. The Kier molecular flexibility index (Phi) is 4.25. The van der Waals surface area contributed by atoms with Gasteiger partial charge >= 0.3 is 0 Å². The van der Waals surface area contributed by atoms with Crippen LogP contribution in [0.3, 0.4) is 0 Å². The molecule has 2 N–H and O–H groups in total. The minimum absolute atomic E-state index is 0.0200. The van der Waals surface area contributed by atoms with Crippen LogP contribution >= 0.6 is 0 Å². The van der Waals surface area contributed by atoms with Crippen LogP contribution in [0.1, 0.15) is 26.7 Å². The molecule has 0 aliphatic carbocycles. The second kappa shape index (κ2) is 5.55. The molecule has 2 saturated heterocycles. The van der Waals surface area contributed by atoms with Crippen LogP contribution in [0.5, 0.6) is 0 Å². The minimum Gasteiger partial charge on any atom is -0.394 e. The van der Waals surface area contributed by atoms with Gasteiger partial charge in [0.05, 0.1) is 30.8 Å². The molecule has 2 aliphatic rings. The third-order valence-electron chi connectivity index (χ3n) is 4.34. The van der Waals surface area contributed by atoms with E-state index in [0.29, 0.717) is 13.2 Å². The van der Waals surface area contributed by atoms with Crippen LogP contribution in [0.2, 0.25) is 0 Å². The first kappa shape index (κ1) is 13.8. The van der Waals surface area contributed by atoms with Gasteiger partial charge in [-0.2, -0.15) is 0 Å². The quantitative estimate of drug-likeness (QED) is 0.745. The summed E-state index contributed by atoms with van der Waals surface area (Å²) in [6.07, 6.45) is 1.55. The normalized spacial score (nSPS) is 36.9. The molecule has 5 heteroatoms. The van der Waals surface area contributed by atoms with Gasteiger partial charge in [-0.15, -0.1) is 0 Å². The van der Waals surface area contributed by atoms with Crippen molar-refractivity contribution in [1.29, 1.82) is 0 Å². The van der Waals surface area contributed by atoms with E-state index < -0.39 is 0 Å². The molecule has 0 aromatic rings. The number of carbonyl (C=O) groups excluding carboxylic acids is 1. The number of hydrogen-bond donors (Lipinski definition) is 2. The van der Waals surface area contributed by atoms with Gasteiger partial charge in [0.1, 0.15) is 0 Å². The second-order valence-electron chi connectivity index (χ2n) is 5.51. The summed E-state index contributed by atoms with van der Waals surface area (Å²) in [4.78, 5) is 14.7. The van der Waals surface area contributed by atoms with E-state index >= 15 is 0 Å². The fourth-order valence-corrected chi connectivity index (χ4v) is 2.89. The molecule has 3 atom stereocenters. The average Bonchev–Trinajstić information content (AvgIpc) is 2.88. The zero-order valence-corrected chi connectivity index (χ0v) is 11.3. The highest BCUT2D eigenvalue weighted by Gasteiger charge is 2.44. The van der Waals surface area contributed by atoms with Crippen LogP contribution in [0.4, 0.5) is 0 Å². The Bertz CT molecular complexity index is 303. The van der Waals surface area contributed by atoms with E-state index in [0.717, 1.165) is 25.9 Å². The number of ether oxygens (including phenoxy) is 1. The monoisotopic (exact) mass is 256 g/mol. The highest BCUT2D eigenvalue weighted by atomic mass is 16.5. The maximum absolute atomic E-state index is 12.8. The van der Waals surface area contributed by atoms with E-state index in [-0.39, 0.29) is 30.1 Å². The molecule has 0 aromatic carbocycles. The number of aliphatic hydroxyl groups is 1. The maximum Gasteiger partial charge on any atom is 0.230 e. The van der Waals surface area contributed by atoms with Crippen molar-refractivity contribution < 1.29 is 14.6 Å². The number of carbonyl (C=O) groups is 1. The van der Waals surface area contributed by atoms with Crippen molar-refractivity contribution in [2.75, 3.05) is 32.8 Å². The summed E-state index contributed by atoms with van der Waals surface area (Å²) in [5.74, 6) is 0.226. The van der Waals surface area contributed by atoms with Crippen LogP contribution in [0.25, 0.3) is 0 Å². The van der Waals surface area contributed by atoms with Crippen LogP contribution in [0.15, 0.2) is 0 Å². The molecule has 2 aliphatic heterocycles. The van der Waals surface area contributed by atoms with Crippen molar-refractivity contribution >= 4 is 5.91 Å². The molecular formula is C13H24N2O3. The summed E-state index contributed by atoms with van der Waals surface area (Å²) in [5, 5.41) is 12.5. The SMILES string of the molecule is CCC1(C(=O)N2CC(CO)OCC2C)CCNC1. The van der Waals surface area contributed by atoms with Crippen molar-refractivity contribution in [3.8, 4) is 0 Å². The Hall–Kier alpha value is -0.650. The lowest BCUT2D eigenvalue weighted by atomic mass is 9.82. The van der Waals surface area contributed by atoms with E-state index in [2.05, 4.69) is 12.2 Å². The number of hydrogen-bond acceptors (Lipinski definition) is 4. The van der Waals surface area contributed by atoms with Gasteiger partial charge in [0, 0.05) is 13.1 Å². The Balaban J connectivity index is 2.10. The first-order valence-electron chi connectivity index (χ1n) is 6.87. The van der Waals surface area contributed by atoms with E-state index in [1.807, 2.05) is 11.8 Å². The number of nitrogens with one attached hydrogen (secondary N) is 1. The molecule has 2 fully saturated rings. The number of morpholine rings is 1. The molecular weight excluding hydrogens is 232 g/mol. The van der Waals surface area contributed by atoms with Gasteiger partial charge < -0.3 is 20.1 Å². The van der Waals surface area contributed by atoms with Gasteiger partial charge in [-0.3, -0.25) is 4.79 Å². The fourth-order valence-electron chi connectivity index (χ4n) is 2.89. The Morgan fingerprint density at radius 3 is 2.94 bits per heavy atom. The van der Waals surface area contributed by atoms with Crippen LogP contribution in [0, 0.1) is 5.41 Å². The lowest BCUT2D eigenvalue weighted by Crippen LogP contribution is -2.56. The molecule has 0 saturated carbocycles. The fraction of sp³-hybridized carbons (Fsp3) is 0.923. The smallest absolute Gasteiger partial charge is 0.230 e. The van der Waals surface area contributed by atoms with Gasteiger partial charge in [-0.05, 0) is 26.3 Å². The van der Waals surface area contributed by atoms with Crippen LogP contribution in [-0.4, -0.2) is 60.9 Å². The third kappa shape index (κ3) is 2.39. The first-order chi connectivity index (χ1) is 8.63. The van der Waals surface area contributed by atoms with Crippen molar-refractivity contribution in [2.24, 2.45) is 5.41 Å². The molecule has 5 nitrogen and oxygen atoms in total. The van der Waals surface area contributed by atoms with Gasteiger partial charge in [0.15, 0.2) is 0 Å². The van der Waals surface area contributed by atoms with Crippen LogP contribution in [-0.2, 0) is 9.53 Å². The topological polar surface area (TPSA) is 61.8 Å². The summed E-state index contributed by atoms with van der Waals surface area (Å²) >= 11 is 0. The highest BCUT2D eigenvalue weighted by molar-refractivity contribution is 5.83. The predicted molar refractivity (Wildman–Crippen MR) is 68.2 cm³/mol. The molecule has 18 heavy (non-hydrogen) atoms. The average molecular weight is 256 g/mol. The lowest BCUT2D eigenvalue weighted by molar-refractivity contribution is -0.156. The van der Waals surface area contributed by atoms with Crippen molar-refractivity contribution in [3.63, 3.8) is 0 Å². The van der Waals surface area contributed by atoms with E-state index in [4.69, 9.17) is 4.74 Å². The standard InChI is InChI=1S/C13H24N2O3/c1-3-13(4-5-14-9-13)12(17)15-6-11(7-16)18-8-10(15)2/h10-11,14,16H,3-9H2,1-2H3. The van der Waals surface area contributed by atoms with E-state index in [1.54, 1.807) is 0 Å². The third-order valence-corrected chi connectivity index (χ3v) is 4.34. The second-order valence-corrected chi connectivity index (χ2v) is 5.51. The molecule has 0 radical (unpaired) electrons. The lowest BCUT2D eigenvalue weighted by Gasteiger charge is -2.42. The van der Waals surface area contributed by atoms with Gasteiger partial charge in [-0.25, -0.2) is 0 Å². The maximum atomic E-state index is 12.8. The summed E-state index contributed by atoms with van der Waals surface area (Å²) in [6.45, 7) is 6.80.